The van der Waals surface area contributed by atoms with E-state index < -0.39 is 0 Å². The van der Waals surface area contributed by atoms with Gasteiger partial charge in [0, 0.05) is 22.8 Å². The first-order valence-corrected chi connectivity index (χ1v) is 5.27. The Labute approximate surface area is 81.6 Å². The maximum atomic E-state index is 5.22. The molecule has 0 fully saturated rings. The Morgan fingerprint density at radius 2 is 2.17 bits per heavy atom. The summed E-state index contributed by atoms with van der Waals surface area (Å²) in [7, 11) is 0. The molecule has 1 nitrogen and oxygen atoms in total. The highest BCUT2D eigenvalue weighted by molar-refractivity contribution is 7.99. The summed E-state index contributed by atoms with van der Waals surface area (Å²) in [6.07, 6.45) is 0. The summed E-state index contributed by atoms with van der Waals surface area (Å²) >= 11 is 7.09. The first-order chi connectivity index (χ1) is 5.88. The summed E-state index contributed by atoms with van der Waals surface area (Å²) in [4.78, 5) is 2.18. The molecule has 1 aromatic rings. The van der Waals surface area contributed by atoms with Crippen LogP contribution < -0.4 is 5.32 Å². The fraction of sp³-hybridized carbons (Fsp3) is 0.222. The second-order valence-corrected chi connectivity index (χ2v) is 4.15. The largest absolute Gasteiger partial charge is 0.375 e. The number of nitrogens with one attached hydrogen (secondary N) is 1. The van der Waals surface area contributed by atoms with E-state index in [2.05, 4.69) is 23.5 Å². The van der Waals surface area contributed by atoms with Crippen LogP contribution in [0.5, 0.6) is 0 Å². The molecule has 1 aromatic carbocycles. The summed E-state index contributed by atoms with van der Waals surface area (Å²) in [5.41, 5.74) is 1.18. The lowest BCUT2D eigenvalue weighted by molar-refractivity contribution is 1.000. The highest BCUT2D eigenvalue weighted by Gasteiger charge is 2.10. The molecule has 1 N–H and O–H groups in total. The van der Waals surface area contributed by atoms with Gasteiger partial charge in [-0.05, 0) is 6.07 Å². The van der Waals surface area contributed by atoms with E-state index >= 15 is 0 Å². The molecule has 0 unspecified atom stereocenters. The van der Waals surface area contributed by atoms with Gasteiger partial charge in [-0.2, -0.15) is 0 Å². The van der Waals surface area contributed by atoms with Gasteiger partial charge in [-0.1, -0.05) is 30.4 Å². The van der Waals surface area contributed by atoms with Crippen LogP contribution in [0.15, 0.2) is 29.2 Å². The van der Waals surface area contributed by atoms with Gasteiger partial charge in [-0.25, -0.2) is 0 Å². The SMILES string of the molecule is S=C1NCCSc2ccccc21. The minimum Gasteiger partial charge on any atom is -0.375 e. The topological polar surface area (TPSA) is 12.0 Å². The fourth-order valence-corrected chi connectivity index (χ4v) is 2.47. The molecule has 0 spiro atoms. The zero-order valence-corrected chi connectivity index (χ0v) is 8.17. The first kappa shape index (κ1) is 8.08. The van der Waals surface area contributed by atoms with E-state index in [9.17, 15) is 0 Å². The standard InChI is InChI=1S/C9H9NS2/c11-9-7-3-1-2-4-8(7)12-6-5-10-9/h1-4H,5-6H2,(H,10,11). The molecule has 0 aromatic heterocycles. The lowest BCUT2D eigenvalue weighted by Gasteiger charge is -2.04. The van der Waals surface area contributed by atoms with Gasteiger partial charge in [0.1, 0.15) is 4.99 Å². The molecule has 3 heteroatoms. The number of hydrogen-bond acceptors (Lipinski definition) is 2. The van der Waals surface area contributed by atoms with E-state index in [1.54, 1.807) is 0 Å². The normalized spacial score (nSPS) is 16.2. The van der Waals surface area contributed by atoms with Gasteiger partial charge in [-0.3, -0.25) is 0 Å². The van der Waals surface area contributed by atoms with Crippen molar-refractivity contribution in [3.63, 3.8) is 0 Å². The van der Waals surface area contributed by atoms with Crippen molar-refractivity contribution in [3.05, 3.63) is 29.8 Å². The molecule has 62 valence electrons. The molecule has 1 aliphatic rings. The van der Waals surface area contributed by atoms with Crippen molar-refractivity contribution in [2.75, 3.05) is 12.3 Å². The molecule has 0 radical (unpaired) electrons. The number of hydrogen-bond donors (Lipinski definition) is 1. The highest BCUT2D eigenvalue weighted by Crippen LogP contribution is 2.24. The Hall–Kier alpha value is -0.540. The number of thiocarbonyl (C=S) groups is 1. The van der Waals surface area contributed by atoms with E-state index in [1.165, 1.54) is 10.5 Å². The molecule has 1 heterocycles. The van der Waals surface area contributed by atoms with Gasteiger partial charge in [0.05, 0.1) is 0 Å². The Morgan fingerprint density at radius 1 is 1.33 bits per heavy atom. The van der Waals surface area contributed by atoms with E-state index in [0.717, 1.165) is 17.3 Å². The van der Waals surface area contributed by atoms with Crippen LogP contribution in [0.4, 0.5) is 0 Å². The monoisotopic (exact) mass is 195 g/mol. The fourth-order valence-electron chi connectivity index (χ4n) is 1.20. The van der Waals surface area contributed by atoms with Crippen LogP contribution in [0.3, 0.4) is 0 Å². The summed E-state index contributed by atoms with van der Waals surface area (Å²) < 4.78 is 0. The minimum absolute atomic E-state index is 0.885. The van der Waals surface area contributed by atoms with Crippen LogP contribution in [0.1, 0.15) is 5.56 Å². The Bertz CT molecular complexity index is 309. The van der Waals surface area contributed by atoms with Crippen LogP contribution in [0, 0.1) is 0 Å². The number of benzene rings is 1. The molecule has 1 aliphatic heterocycles. The Kier molecular flexibility index (Phi) is 2.33. The number of fused-ring (bicyclic) bond motifs is 1. The van der Waals surface area contributed by atoms with Crippen LogP contribution in [0.25, 0.3) is 0 Å². The van der Waals surface area contributed by atoms with Gasteiger partial charge >= 0.3 is 0 Å². The molecular formula is C9H9NS2. The summed E-state index contributed by atoms with van der Waals surface area (Å²) in [6.45, 7) is 0.970. The molecule has 0 aliphatic carbocycles. The molecule has 12 heavy (non-hydrogen) atoms. The smallest absolute Gasteiger partial charge is 0.107 e. The van der Waals surface area contributed by atoms with Crippen molar-refractivity contribution >= 4 is 29.0 Å². The summed E-state index contributed by atoms with van der Waals surface area (Å²) in [6, 6.07) is 8.28. The molecule has 2 rings (SSSR count). The van der Waals surface area contributed by atoms with Gasteiger partial charge < -0.3 is 5.32 Å². The van der Waals surface area contributed by atoms with E-state index in [4.69, 9.17) is 12.2 Å². The maximum absolute atomic E-state index is 5.22. The Balaban J connectivity index is 2.46. The summed E-state index contributed by atoms with van der Waals surface area (Å²) in [5, 5.41) is 3.21. The van der Waals surface area contributed by atoms with Gasteiger partial charge in [-0.15, -0.1) is 11.8 Å². The molecule has 0 atom stereocenters. The molecule has 0 saturated carbocycles. The average Bonchev–Trinajstić information content (AvgIpc) is 2.29. The van der Waals surface area contributed by atoms with Crippen LogP contribution in [-0.2, 0) is 0 Å². The van der Waals surface area contributed by atoms with Crippen molar-refractivity contribution in [2.45, 2.75) is 4.90 Å². The number of thioether (sulfide) groups is 1. The third kappa shape index (κ3) is 1.47. The van der Waals surface area contributed by atoms with Gasteiger partial charge in [0.25, 0.3) is 0 Å². The molecule has 0 amide bonds. The zero-order valence-electron chi connectivity index (χ0n) is 6.54. The van der Waals surface area contributed by atoms with E-state index in [-0.39, 0.29) is 0 Å². The average molecular weight is 195 g/mol. The second kappa shape index (κ2) is 3.46. The van der Waals surface area contributed by atoms with Crippen molar-refractivity contribution < 1.29 is 0 Å². The van der Waals surface area contributed by atoms with Crippen LogP contribution >= 0.6 is 24.0 Å². The number of rotatable bonds is 0. The van der Waals surface area contributed by atoms with Crippen molar-refractivity contribution in [1.29, 1.82) is 0 Å². The van der Waals surface area contributed by atoms with Gasteiger partial charge in [0.2, 0.25) is 0 Å². The maximum Gasteiger partial charge on any atom is 0.107 e. The Morgan fingerprint density at radius 3 is 3.08 bits per heavy atom. The van der Waals surface area contributed by atoms with Crippen LogP contribution in [-0.4, -0.2) is 17.3 Å². The van der Waals surface area contributed by atoms with Crippen molar-refractivity contribution in [3.8, 4) is 0 Å². The van der Waals surface area contributed by atoms with Crippen molar-refractivity contribution in [1.82, 2.24) is 5.32 Å². The molecular weight excluding hydrogens is 186 g/mol. The van der Waals surface area contributed by atoms with E-state index in [0.29, 0.717) is 0 Å². The predicted octanol–water partition coefficient (Wildman–Crippen LogP) is 2.06. The zero-order chi connectivity index (χ0) is 8.39. The predicted molar refractivity (Wildman–Crippen MR) is 56.9 cm³/mol. The third-order valence-corrected chi connectivity index (χ3v) is 3.22. The summed E-state index contributed by atoms with van der Waals surface area (Å²) in [5.74, 6) is 1.09. The van der Waals surface area contributed by atoms with Crippen LogP contribution in [0.2, 0.25) is 0 Å². The van der Waals surface area contributed by atoms with E-state index in [1.807, 2.05) is 17.8 Å². The second-order valence-electron chi connectivity index (χ2n) is 2.60. The van der Waals surface area contributed by atoms with Crippen molar-refractivity contribution in [2.24, 2.45) is 0 Å². The lowest BCUT2D eigenvalue weighted by Crippen LogP contribution is -2.22. The quantitative estimate of drug-likeness (QED) is 0.636. The lowest BCUT2D eigenvalue weighted by atomic mass is 10.2. The molecule has 0 saturated heterocycles. The minimum atomic E-state index is 0.885. The molecule has 0 bridgehead atoms. The van der Waals surface area contributed by atoms with Gasteiger partial charge in [0.15, 0.2) is 0 Å². The third-order valence-electron chi connectivity index (χ3n) is 1.78. The first-order valence-electron chi connectivity index (χ1n) is 3.88. The highest BCUT2D eigenvalue weighted by atomic mass is 32.2.